The Labute approximate surface area is 115 Å². The smallest absolute Gasteiger partial charge is 0.0995 e. The van der Waals surface area contributed by atoms with Crippen LogP contribution in [0, 0.1) is 17.2 Å². The van der Waals surface area contributed by atoms with E-state index in [0.717, 1.165) is 43.2 Å². The number of benzene rings is 1. The highest BCUT2D eigenvalue weighted by Gasteiger charge is 2.12. The summed E-state index contributed by atoms with van der Waals surface area (Å²) in [6.07, 6.45) is 2.58. The molecule has 18 heavy (non-hydrogen) atoms. The third-order valence-corrected chi connectivity index (χ3v) is 3.29. The zero-order valence-electron chi connectivity index (χ0n) is 10.5. The zero-order valence-corrected chi connectivity index (χ0v) is 11.3. The van der Waals surface area contributed by atoms with Gasteiger partial charge in [-0.3, -0.25) is 0 Å². The van der Waals surface area contributed by atoms with Crippen LogP contribution in [0.1, 0.15) is 24.0 Å². The zero-order chi connectivity index (χ0) is 11.9. The Balaban J connectivity index is 0.00000162. The van der Waals surface area contributed by atoms with Crippen LogP contribution in [-0.4, -0.2) is 19.6 Å². The van der Waals surface area contributed by atoms with Crippen LogP contribution in [0.4, 0.5) is 0 Å². The van der Waals surface area contributed by atoms with Gasteiger partial charge >= 0.3 is 0 Å². The van der Waals surface area contributed by atoms with E-state index >= 15 is 0 Å². The highest BCUT2D eigenvalue weighted by Crippen LogP contribution is 2.10. The average Bonchev–Trinajstić information content (AvgIpc) is 2.40. The average molecular weight is 266 g/mol. The van der Waals surface area contributed by atoms with Gasteiger partial charge in [-0.2, -0.15) is 5.26 Å². The van der Waals surface area contributed by atoms with E-state index in [-0.39, 0.29) is 12.4 Å². The first-order valence-corrected chi connectivity index (χ1v) is 6.29. The summed E-state index contributed by atoms with van der Waals surface area (Å²) in [5.41, 5.74) is 1.88. The van der Waals surface area contributed by atoms with Gasteiger partial charge in [-0.25, -0.2) is 0 Å². The van der Waals surface area contributed by atoms with E-state index in [1.807, 2.05) is 24.3 Å². The van der Waals surface area contributed by atoms with Gasteiger partial charge in [0.1, 0.15) is 0 Å². The van der Waals surface area contributed by atoms with Crippen molar-refractivity contribution in [2.24, 2.45) is 5.92 Å². The Kier molecular flexibility index (Phi) is 6.74. The highest BCUT2D eigenvalue weighted by molar-refractivity contribution is 5.85. The van der Waals surface area contributed by atoms with Crippen molar-refractivity contribution in [1.29, 1.82) is 5.26 Å². The van der Waals surface area contributed by atoms with E-state index < -0.39 is 0 Å². The second-order valence-electron chi connectivity index (χ2n) is 4.61. The fourth-order valence-corrected chi connectivity index (χ4v) is 2.29. The van der Waals surface area contributed by atoms with Gasteiger partial charge in [0.25, 0.3) is 0 Å². The summed E-state index contributed by atoms with van der Waals surface area (Å²) >= 11 is 0. The van der Waals surface area contributed by atoms with Crippen LogP contribution in [0.25, 0.3) is 0 Å². The Morgan fingerprint density at radius 2 is 2.22 bits per heavy atom. The van der Waals surface area contributed by atoms with E-state index in [0.29, 0.717) is 0 Å². The third-order valence-electron chi connectivity index (χ3n) is 3.29. The molecular weight excluding hydrogens is 246 g/mol. The minimum Gasteiger partial charge on any atom is -0.316 e. The van der Waals surface area contributed by atoms with E-state index in [1.54, 1.807) is 0 Å². The van der Waals surface area contributed by atoms with E-state index in [9.17, 15) is 0 Å². The van der Waals surface area contributed by atoms with Crippen molar-refractivity contribution >= 4 is 12.4 Å². The van der Waals surface area contributed by atoms with E-state index in [1.165, 1.54) is 12.8 Å². The van der Waals surface area contributed by atoms with Crippen molar-refractivity contribution in [1.82, 2.24) is 10.6 Å². The van der Waals surface area contributed by atoms with E-state index in [2.05, 4.69) is 16.7 Å². The lowest BCUT2D eigenvalue weighted by Crippen LogP contribution is -2.35. The second-order valence-corrected chi connectivity index (χ2v) is 4.61. The maximum atomic E-state index is 8.98. The molecule has 0 bridgehead atoms. The fourth-order valence-electron chi connectivity index (χ4n) is 2.29. The molecule has 4 heteroatoms. The van der Waals surface area contributed by atoms with Gasteiger partial charge in [-0.1, -0.05) is 18.2 Å². The van der Waals surface area contributed by atoms with Crippen molar-refractivity contribution in [3.63, 3.8) is 0 Å². The van der Waals surface area contributed by atoms with Crippen LogP contribution < -0.4 is 10.6 Å². The van der Waals surface area contributed by atoms with Crippen LogP contribution in [0.3, 0.4) is 0 Å². The first-order valence-electron chi connectivity index (χ1n) is 6.29. The van der Waals surface area contributed by atoms with Crippen molar-refractivity contribution in [3.8, 4) is 6.07 Å². The predicted molar refractivity (Wildman–Crippen MR) is 75.7 cm³/mol. The van der Waals surface area contributed by atoms with Gasteiger partial charge in [0.2, 0.25) is 0 Å². The van der Waals surface area contributed by atoms with Crippen LogP contribution >= 0.6 is 12.4 Å². The molecule has 1 aliphatic rings. The van der Waals surface area contributed by atoms with Crippen LogP contribution in [0.5, 0.6) is 0 Å². The maximum Gasteiger partial charge on any atom is 0.0995 e. The molecule has 1 heterocycles. The molecule has 1 saturated heterocycles. The summed E-state index contributed by atoms with van der Waals surface area (Å²) < 4.78 is 0. The van der Waals surface area contributed by atoms with Crippen molar-refractivity contribution in [3.05, 3.63) is 35.4 Å². The van der Waals surface area contributed by atoms with Gasteiger partial charge < -0.3 is 10.6 Å². The second kappa shape index (κ2) is 8.10. The Morgan fingerprint density at radius 3 is 2.94 bits per heavy atom. The summed E-state index contributed by atoms with van der Waals surface area (Å²) in [5, 5.41) is 15.8. The van der Waals surface area contributed by atoms with Crippen molar-refractivity contribution in [2.75, 3.05) is 19.6 Å². The first-order chi connectivity index (χ1) is 8.40. The lowest BCUT2D eigenvalue weighted by Gasteiger charge is -2.23. The van der Waals surface area contributed by atoms with Gasteiger partial charge in [-0.15, -0.1) is 12.4 Å². The van der Waals surface area contributed by atoms with Gasteiger partial charge in [0.15, 0.2) is 0 Å². The number of rotatable bonds is 4. The number of nitrogens with zero attached hydrogens (tertiary/aromatic N) is 1. The Hall–Kier alpha value is -1.08. The lowest BCUT2D eigenvalue weighted by molar-refractivity contribution is 0.360. The quantitative estimate of drug-likeness (QED) is 0.876. The third kappa shape index (κ3) is 4.30. The largest absolute Gasteiger partial charge is 0.316 e. The molecule has 1 aromatic carbocycles. The minimum absolute atomic E-state index is 0. The van der Waals surface area contributed by atoms with Gasteiger partial charge in [-0.05, 0) is 50.0 Å². The molecule has 0 aromatic heterocycles. The molecular formula is C14H20ClN3. The molecule has 0 spiro atoms. The predicted octanol–water partition coefficient (Wildman–Crippen LogP) is 2.07. The summed E-state index contributed by atoms with van der Waals surface area (Å²) in [7, 11) is 0. The summed E-state index contributed by atoms with van der Waals surface area (Å²) in [4.78, 5) is 0. The molecule has 1 aromatic rings. The van der Waals surface area contributed by atoms with Crippen LogP contribution in [-0.2, 0) is 6.54 Å². The fraction of sp³-hybridized carbons (Fsp3) is 0.500. The molecule has 2 rings (SSSR count). The number of hydrogen-bond acceptors (Lipinski definition) is 3. The standard InChI is InChI=1S/C14H19N3.ClH/c15-8-13-5-1-2-6-14(13)11-17-10-12-4-3-7-16-9-12;/h1-2,5-6,12,16-17H,3-4,7,9-11H2;1H. The Bertz CT molecular complexity index is 394. The molecule has 1 unspecified atom stereocenters. The molecule has 98 valence electrons. The molecule has 0 amide bonds. The first kappa shape index (κ1) is 15.0. The number of nitriles is 1. The van der Waals surface area contributed by atoms with Crippen LogP contribution in [0.2, 0.25) is 0 Å². The van der Waals surface area contributed by atoms with Crippen molar-refractivity contribution in [2.45, 2.75) is 19.4 Å². The summed E-state index contributed by atoms with van der Waals surface area (Å²) in [6.45, 7) is 4.10. The minimum atomic E-state index is 0. The lowest BCUT2D eigenvalue weighted by atomic mass is 9.99. The molecule has 1 atom stereocenters. The summed E-state index contributed by atoms with van der Waals surface area (Å²) in [5.74, 6) is 0.734. The van der Waals surface area contributed by atoms with Gasteiger partial charge in [0.05, 0.1) is 11.6 Å². The highest BCUT2D eigenvalue weighted by atomic mass is 35.5. The SMILES string of the molecule is Cl.N#Cc1ccccc1CNCC1CCCNC1. The van der Waals surface area contributed by atoms with Gasteiger partial charge in [0, 0.05) is 6.54 Å². The maximum absolute atomic E-state index is 8.98. The van der Waals surface area contributed by atoms with Crippen molar-refractivity contribution < 1.29 is 0 Å². The molecule has 1 aliphatic heterocycles. The monoisotopic (exact) mass is 265 g/mol. The van der Waals surface area contributed by atoms with E-state index in [4.69, 9.17) is 5.26 Å². The number of halogens is 1. The molecule has 1 fully saturated rings. The number of nitrogens with one attached hydrogen (secondary N) is 2. The molecule has 0 radical (unpaired) electrons. The molecule has 2 N–H and O–H groups in total. The molecule has 0 aliphatic carbocycles. The normalized spacial score (nSPS) is 18.7. The molecule has 3 nitrogen and oxygen atoms in total. The number of hydrogen-bond donors (Lipinski definition) is 2. The Morgan fingerprint density at radius 1 is 1.39 bits per heavy atom. The number of piperidine rings is 1. The molecule has 0 saturated carbocycles. The topological polar surface area (TPSA) is 47.9 Å². The van der Waals surface area contributed by atoms with Crippen LogP contribution in [0.15, 0.2) is 24.3 Å². The summed E-state index contributed by atoms with van der Waals surface area (Å²) in [6, 6.07) is 10.0.